The molecular formula is C15H14BrFO2. The summed E-state index contributed by atoms with van der Waals surface area (Å²) in [5, 5.41) is 10.3. The summed E-state index contributed by atoms with van der Waals surface area (Å²) >= 11 is 3.35. The average Bonchev–Trinajstić information content (AvgIpc) is 2.40. The van der Waals surface area contributed by atoms with Crippen molar-refractivity contribution < 1.29 is 14.2 Å². The highest BCUT2D eigenvalue weighted by molar-refractivity contribution is 9.10. The van der Waals surface area contributed by atoms with Crippen LogP contribution in [0.4, 0.5) is 4.39 Å². The Labute approximate surface area is 120 Å². The SMILES string of the molecule is COc1ccc(C(O)c2cc(C)ccc2F)cc1Br. The lowest BCUT2D eigenvalue weighted by Crippen LogP contribution is -2.03. The lowest BCUT2D eigenvalue weighted by Gasteiger charge is -2.14. The molecule has 2 aromatic rings. The van der Waals surface area contributed by atoms with E-state index in [9.17, 15) is 9.50 Å². The van der Waals surface area contributed by atoms with Crippen LogP contribution in [-0.4, -0.2) is 12.2 Å². The van der Waals surface area contributed by atoms with E-state index in [0.29, 0.717) is 11.3 Å². The average molecular weight is 325 g/mol. The van der Waals surface area contributed by atoms with E-state index in [0.717, 1.165) is 10.0 Å². The smallest absolute Gasteiger partial charge is 0.133 e. The van der Waals surface area contributed by atoms with Crippen LogP contribution in [0.1, 0.15) is 22.8 Å². The standard InChI is InChI=1S/C15H14BrFO2/c1-9-3-5-13(17)11(7-9)15(18)10-4-6-14(19-2)12(16)8-10/h3-8,15,18H,1-2H3. The summed E-state index contributed by atoms with van der Waals surface area (Å²) in [6.07, 6.45) is -0.998. The third-order valence-corrected chi connectivity index (χ3v) is 3.56. The van der Waals surface area contributed by atoms with Crippen molar-refractivity contribution in [2.45, 2.75) is 13.0 Å². The molecule has 0 saturated carbocycles. The monoisotopic (exact) mass is 324 g/mol. The summed E-state index contributed by atoms with van der Waals surface area (Å²) in [5.41, 5.74) is 1.79. The van der Waals surface area contributed by atoms with Crippen LogP contribution in [0.15, 0.2) is 40.9 Å². The highest BCUT2D eigenvalue weighted by Crippen LogP contribution is 2.31. The van der Waals surface area contributed by atoms with Gasteiger partial charge in [-0.05, 0) is 46.6 Å². The van der Waals surface area contributed by atoms with Crippen molar-refractivity contribution in [3.05, 3.63) is 63.4 Å². The van der Waals surface area contributed by atoms with E-state index >= 15 is 0 Å². The van der Waals surface area contributed by atoms with Crippen LogP contribution in [0, 0.1) is 12.7 Å². The fraction of sp³-hybridized carbons (Fsp3) is 0.200. The Balaban J connectivity index is 2.41. The number of methoxy groups -OCH3 is 1. The second kappa shape index (κ2) is 5.72. The Kier molecular flexibility index (Phi) is 4.22. The van der Waals surface area contributed by atoms with Gasteiger partial charge < -0.3 is 9.84 Å². The molecule has 1 unspecified atom stereocenters. The maximum absolute atomic E-state index is 13.8. The van der Waals surface area contributed by atoms with Crippen LogP contribution in [0.5, 0.6) is 5.75 Å². The number of ether oxygens (including phenoxy) is 1. The molecule has 4 heteroatoms. The summed E-state index contributed by atoms with van der Waals surface area (Å²) in [5.74, 6) is 0.255. The van der Waals surface area contributed by atoms with Gasteiger partial charge in [0.15, 0.2) is 0 Å². The minimum atomic E-state index is -0.998. The molecule has 0 aliphatic carbocycles. The highest BCUT2D eigenvalue weighted by Gasteiger charge is 2.16. The van der Waals surface area contributed by atoms with Crippen molar-refractivity contribution >= 4 is 15.9 Å². The summed E-state index contributed by atoms with van der Waals surface area (Å²) in [7, 11) is 1.57. The van der Waals surface area contributed by atoms with Crippen molar-refractivity contribution in [1.82, 2.24) is 0 Å². The Morgan fingerprint density at radius 1 is 1.21 bits per heavy atom. The van der Waals surface area contributed by atoms with Gasteiger partial charge in [0.2, 0.25) is 0 Å². The summed E-state index contributed by atoms with van der Waals surface area (Å²) < 4.78 is 19.6. The van der Waals surface area contributed by atoms with Gasteiger partial charge in [-0.1, -0.05) is 23.8 Å². The Hall–Kier alpha value is -1.39. The maximum Gasteiger partial charge on any atom is 0.133 e. The van der Waals surface area contributed by atoms with Crippen molar-refractivity contribution in [3.8, 4) is 5.75 Å². The van der Waals surface area contributed by atoms with Crippen LogP contribution < -0.4 is 4.74 Å². The molecule has 0 aliphatic heterocycles. The molecule has 0 fully saturated rings. The van der Waals surface area contributed by atoms with Gasteiger partial charge in [-0.2, -0.15) is 0 Å². The Morgan fingerprint density at radius 2 is 1.95 bits per heavy atom. The first-order chi connectivity index (χ1) is 9.02. The molecule has 1 atom stereocenters. The van der Waals surface area contributed by atoms with Gasteiger partial charge in [-0.3, -0.25) is 0 Å². The largest absolute Gasteiger partial charge is 0.496 e. The van der Waals surface area contributed by atoms with Crippen LogP contribution >= 0.6 is 15.9 Å². The highest BCUT2D eigenvalue weighted by atomic mass is 79.9. The van der Waals surface area contributed by atoms with Crippen LogP contribution in [-0.2, 0) is 0 Å². The van der Waals surface area contributed by atoms with Gasteiger partial charge >= 0.3 is 0 Å². The lowest BCUT2D eigenvalue weighted by atomic mass is 9.99. The molecule has 0 aliphatic rings. The van der Waals surface area contributed by atoms with Crippen LogP contribution in [0.25, 0.3) is 0 Å². The first-order valence-electron chi connectivity index (χ1n) is 5.80. The molecule has 19 heavy (non-hydrogen) atoms. The van der Waals surface area contributed by atoms with Gasteiger partial charge in [-0.25, -0.2) is 4.39 Å². The quantitative estimate of drug-likeness (QED) is 0.925. The lowest BCUT2D eigenvalue weighted by molar-refractivity contribution is 0.214. The zero-order valence-electron chi connectivity index (χ0n) is 10.7. The summed E-state index contributed by atoms with van der Waals surface area (Å²) in [4.78, 5) is 0. The Bertz CT molecular complexity index is 599. The normalized spacial score (nSPS) is 12.3. The number of benzene rings is 2. The zero-order chi connectivity index (χ0) is 14.0. The molecule has 0 aromatic heterocycles. The minimum Gasteiger partial charge on any atom is -0.496 e. The minimum absolute atomic E-state index is 0.275. The molecule has 0 saturated heterocycles. The number of aliphatic hydroxyl groups excluding tert-OH is 1. The molecule has 1 N–H and O–H groups in total. The van der Waals surface area contributed by atoms with Gasteiger partial charge in [0.05, 0.1) is 11.6 Å². The summed E-state index contributed by atoms with van der Waals surface area (Å²) in [6, 6.07) is 9.87. The van der Waals surface area contributed by atoms with Gasteiger partial charge in [0.25, 0.3) is 0 Å². The third kappa shape index (κ3) is 2.96. The molecule has 0 heterocycles. The van der Waals surface area contributed by atoms with Crippen molar-refractivity contribution in [3.63, 3.8) is 0 Å². The maximum atomic E-state index is 13.8. The first kappa shape index (κ1) is 14.0. The van der Waals surface area contributed by atoms with Crippen molar-refractivity contribution in [2.24, 2.45) is 0 Å². The van der Waals surface area contributed by atoms with E-state index in [1.165, 1.54) is 6.07 Å². The van der Waals surface area contributed by atoms with Crippen LogP contribution in [0.3, 0.4) is 0 Å². The van der Waals surface area contributed by atoms with Crippen molar-refractivity contribution in [2.75, 3.05) is 7.11 Å². The van der Waals surface area contributed by atoms with Gasteiger partial charge in [-0.15, -0.1) is 0 Å². The molecule has 2 aromatic carbocycles. The van der Waals surface area contributed by atoms with E-state index in [4.69, 9.17) is 4.74 Å². The second-order valence-corrected chi connectivity index (χ2v) is 5.18. The second-order valence-electron chi connectivity index (χ2n) is 4.32. The fourth-order valence-electron chi connectivity index (χ4n) is 1.90. The fourth-order valence-corrected chi connectivity index (χ4v) is 2.46. The molecule has 2 nitrogen and oxygen atoms in total. The van der Waals surface area contributed by atoms with E-state index in [1.54, 1.807) is 37.4 Å². The van der Waals surface area contributed by atoms with Gasteiger partial charge in [0, 0.05) is 5.56 Å². The van der Waals surface area contributed by atoms with E-state index in [1.807, 2.05) is 6.92 Å². The molecular weight excluding hydrogens is 311 g/mol. The van der Waals surface area contributed by atoms with E-state index in [-0.39, 0.29) is 5.56 Å². The Morgan fingerprint density at radius 3 is 2.58 bits per heavy atom. The third-order valence-electron chi connectivity index (χ3n) is 2.94. The van der Waals surface area contributed by atoms with Crippen molar-refractivity contribution in [1.29, 1.82) is 0 Å². The number of aliphatic hydroxyl groups is 1. The molecule has 0 bridgehead atoms. The molecule has 2 rings (SSSR count). The molecule has 0 amide bonds. The molecule has 100 valence electrons. The predicted octanol–water partition coefficient (Wildman–Crippen LogP) is 3.99. The zero-order valence-corrected chi connectivity index (χ0v) is 12.2. The molecule has 0 radical (unpaired) electrons. The number of rotatable bonds is 3. The van der Waals surface area contributed by atoms with E-state index in [2.05, 4.69) is 15.9 Å². The molecule has 0 spiro atoms. The van der Waals surface area contributed by atoms with Crippen LogP contribution in [0.2, 0.25) is 0 Å². The number of hydrogen-bond donors (Lipinski definition) is 1. The topological polar surface area (TPSA) is 29.5 Å². The number of halogens is 2. The number of aryl methyl sites for hydroxylation is 1. The predicted molar refractivity (Wildman–Crippen MR) is 75.9 cm³/mol. The van der Waals surface area contributed by atoms with E-state index < -0.39 is 11.9 Å². The first-order valence-corrected chi connectivity index (χ1v) is 6.59. The summed E-state index contributed by atoms with van der Waals surface area (Å²) in [6.45, 7) is 1.86. The number of hydrogen-bond acceptors (Lipinski definition) is 2. The van der Waals surface area contributed by atoms with Gasteiger partial charge in [0.1, 0.15) is 17.7 Å².